The standard InChI is InChI=1S/C25H26ClNO7/c1-31-15-7-4-6-14(10-15)22-21(24(29)25(30)27(22)13-16-8-5-9-34-16)23(28)17-11-18(26)20(33-3)12-19(17)32-2/h4,6-7,10-12,16,22,28H,5,8-9,13H2,1-3H3/b23-21+. The predicted octanol–water partition coefficient (Wildman–Crippen LogP) is 3.97. The molecule has 8 nitrogen and oxygen atoms in total. The van der Waals surface area contributed by atoms with E-state index in [1.807, 2.05) is 0 Å². The minimum Gasteiger partial charge on any atom is -0.507 e. The maximum Gasteiger partial charge on any atom is 0.295 e. The average Bonchev–Trinajstić information content (AvgIpc) is 3.45. The first-order valence-electron chi connectivity index (χ1n) is 10.9. The minimum atomic E-state index is -0.843. The number of carbonyl (C=O) groups excluding carboxylic acids is 2. The van der Waals surface area contributed by atoms with Gasteiger partial charge in [-0.15, -0.1) is 0 Å². The maximum atomic E-state index is 13.3. The highest BCUT2D eigenvalue weighted by molar-refractivity contribution is 6.46. The second kappa shape index (κ2) is 9.95. The number of Topliss-reactive ketones (excluding diaryl/α,β-unsaturated/α-hetero) is 1. The third kappa shape index (κ3) is 4.31. The van der Waals surface area contributed by atoms with E-state index in [0.29, 0.717) is 23.7 Å². The number of aliphatic hydroxyl groups excluding tert-OH is 1. The Morgan fingerprint density at radius 1 is 1.12 bits per heavy atom. The number of nitrogens with zero attached hydrogens (tertiary/aromatic N) is 1. The molecule has 0 aromatic heterocycles. The van der Waals surface area contributed by atoms with E-state index in [4.69, 9.17) is 30.5 Å². The van der Waals surface area contributed by atoms with Gasteiger partial charge < -0.3 is 29.0 Å². The van der Waals surface area contributed by atoms with Gasteiger partial charge in [0.2, 0.25) is 0 Å². The van der Waals surface area contributed by atoms with Crippen molar-refractivity contribution in [2.75, 3.05) is 34.5 Å². The molecule has 2 aliphatic heterocycles. The van der Waals surface area contributed by atoms with Gasteiger partial charge in [-0.25, -0.2) is 0 Å². The Labute approximate surface area is 202 Å². The lowest BCUT2D eigenvalue weighted by molar-refractivity contribution is -0.140. The van der Waals surface area contributed by atoms with Crippen molar-refractivity contribution in [2.45, 2.75) is 25.0 Å². The van der Waals surface area contributed by atoms with Crippen molar-refractivity contribution >= 4 is 29.1 Å². The maximum absolute atomic E-state index is 13.3. The first kappa shape index (κ1) is 23.9. The number of ketones is 1. The number of benzene rings is 2. The van der Waals surface area contributed by atoms with Crippen molar-refractivity contribution in [3.05, 3.63) is 58.1 Å². The highest BCUT2D eigenvalue weighted by Gasteiger charge is 2.47. The van der Waals surface area contributed by atoms with Crippen LogP contribution in [-0.2, 0) is 14.3 Å². The molecule has 9 heteroatoms. The Hall–Kier alpha value is -3.23. The van der Waals surface area contributed by atoms with Crippen molar-refractivity contribution in [1.29, 1.82) is 0 Å². The van der Waals surface area contributed by atoms with Crippen LogP contribution in [0, 0.1) is 0 Å². The number of ether oxygens (including phenoxy) is 4. The van der Waals surface area contributed by atoms with E-state index in [1.165, 1.54) is 38.4 Å². The lowest BCUT2D eigenvalue weighted by Crippen LogP contribution is -2.36. The zero-order valence-corrected chi connectivity index (χ0v) is 19.9. The summed E-state index contributed by atoms with van der Waals surface area (Å²) in [4.78, 5) is 27.9. The van der Waals surface area contributed by atoms with Gasteiger partial charge in [0, 0.05) is 19.2 Å². The summed E-state index contributed by atoms with van der Waals surface area (Å²) in [6.45, 7) is 0.837. The Bertz CT molecular complexity index is 1140. The van der Waals surface area contributed by atoms with Crippen LogP contribution in [0.1, 0.15) is 30.0 Å². The lowest BCUT2D eigenvalue weighted by atomic mass is 9.94. The highest BCUT2D eigenvalue weighted by atomic mass is 35.5. The van der Waals surface area contributed by atoms with Crippen LogP contribution in [0.5, 0.6) is 17.2 Å². The molecule has 0 bridgehead atoms. The molecule has 2 aliphatic rings. The number of rotatable bonds is 7. The van der Waals surface area contributed by atoms with Crippen molar-refractivity contribution in [3.63, 3.8) is 0 Å². The van der Waals surface area contributed by atoms with Crippen LogP contribution in [0.25, 0.3) is 5.76 Å². The number of halogens is 1. The van der Waals surface area contributed by atoms with E-state index in [1.54, 1.807) is 24.3 Å². The smallest absolute Gasteiger partial charge is 0.295 e. The lowest BCUT2D eigenvalue weighted by Gasteiger charge is -2.27. The molecule has 2 fully saturated rings. The molecule has 1 N–H and O–H groups in total. The molecular weight excluding hydrogens is 462 g/mol. The van der Waals surface area contributed by atoms with Gasteiger partial charge in [-0.3, -0.25) is 9.59 Å². The van der Waals surface area contributed by atoms with Gasteiger partial charge in [-0.2, -0.15) is 0 Å². The summed E-state index contributed by atoms with van der Waals surface area (Å²) in [5, 5.41) is 11.6. The van der Waals surface area contributed by atoms with Gasteiger partial charge in [0.05, 0.1) is 49.6 Å². The molecule has 2 atom stereocenters. The topological polar surface area (TPSA) is 94.5 Å². The number of aliphatic hydroxyl groups is 1. The number of hydrogen-bond acceptors (Lipinski definition) is 7. The van der Waals surface area contributed by atoms with E-state index in [0.717, 1.165) is 12.8 Å². The van der Waals surface area contributed by atoms with Crippen molar-refractivity contribution in [3.8, 4) is 17.2 Å². The Kier molecular flexibility index (Phi) is 7.00. The first-order chi connectivity index (χ1) is 16.4. The normalized spacial score (nSPS) is 21.7. The van der Waals surface area contributed by atoms with Crippen molar-refractivity contribution in [2.24, 2.45) is 0 Å². The highest BCUT2D eigenvalue weighted by Crippen LogP contribution is 2.43. The number of amides is 1. The van der Waals surface area contributed by atoms with Gasteiger partial charge in [-0.05, 0) is 36.6 Å². The molecule has 2 saturated heterocycles. The molecule has 2 heterocycles. The molecule has 0 radical (unpaired) electrons. The molecule has 0 aliphatic carbocycles. The van der Waals surface area contributed by atoms with Gasteiger partial charge >= 0.3 is 0 Å². The summed E-state index contributed by atoms with van der Waals surface area (Å²) in [7, 11) is 4.42. The van der Waals surface area contributed by atoms with Gasteiger partial charge in [0.15, 0.2) is 0 Å². The van der Waals surface area contributed by atoms with E-state index in [-0.39, 0.29) is 40.3 Å². The molecule has 0 spiro atoms. The summed E-state index contributed by atoms with van der Waals surface area (Å²) < 4.78 is 21.7. The molecular formula is C25H26ClNO7. The number of carbonyl (C=O) groups is 2. The van der Waals surface area contributed by atoms with E-state index in [2.05, 4.69) is 0 Å². The van der Waals surface area contributed by atoms with Crippen LogP contribution in [-0.4, -0.2) is 62.3 Å². The molecule has 1 amide bonds. The van der Waals surface area contributed by atoms with Crippen LogP contribution >= 0.6 is 11.6 Å². The molecule has 180 valence electrons. The second-order valence-corrected chi connectivity index (χ2v) is 8.46. The van der Waals surface area contributed by atoms with Crippen molar-refractivity contribution < 1.29 is 33.6 Å². The number of likely N-dealkylation sites (tertiary alicyclic amines) is 1. The molecule has 2 aromatic rings. The number of hydrogen-bond donors (Lipinski definition) is 1. The second-order valence-electron chi connectivity index (χ2n) is 8.05. The van der Waals surface area contributed by atoms with Crippen LogP contribution in [0.4, 0.5) is 0 Å². The first-order valence-corrected chi connectivity index (χ1v) is 11.2. The fourth-order valence-electron chi connectivity index (χ4n) is 4.42. The Morgan fingerprint density at radius 2 is 1.88 bits per heavy atom. The molecule has 2 unspecified atom stereocenters. The number of methoxy groups -OCH3 is 3. The van der Waals surface area contributed by atoms with E-state index in [9.17, 15) is 14.7 Å². The van der Waals surface area contributed by atoms with Crippen LogP contribution in [0.2, 0.25) is 5.02 Å². The Morgan fingerprint density at radius 3 is 2.53 bits per heavy atom. The summed E-state index contributed by atoms with van der Waals surface area (Å²) in [6, 6.07) is 9.18. The van der Waals surface area contributed by atoms with Crippen molar-refractivity contribution in [1.82, 2.24) is 4.90 Å². The zero-order chi connectivity index (χ0) is 24.4. The third-order valence-corrected chi connectivity index (χ3v) is 6.40. The molecule has 4 rings (SSSR count). The SMILES string of the molecule is COc1cccc(C2/C(=C(\O)c3cc(Cl)c(OC)cc3OC)C(=O)C(=O)N2CC2CCCO2)c1. The molecule has 2 aromatic carbocycles. The third-order valence-electron chi connectivity index (χ3n) is 6.10. The van der Waals surface area contributed by atoms with Gasteiger partial charge in [-0.1, -0.05) is 23.7 Å². The monoisotopic (exact) mass is 487 g/mol. The van der Waals surface area contributed by atoms with Gasteiger partial charge in [0.25, 0.3) is 11.7 Å². The quantitative estimate of drug-likeness (QED) is 0.359. The van der Waals surface area contributed by atoms with Crippen LogP contribution in [0.3, 0.4) is 0 Å². The van der Waals surface area contributed by atoms with Crippen LogP contribution in [0.15, 0.2) is 42.0 Å². The van der Waals surface area contributed by atoms with Gasteiger partial charge in [0.1, 0.15) is 23.0 Å². The summed E-state index contributed by atoms with van der Waals surface area (Å²) in [6.07, 6.45) is 1.49. The summed E-state index contributed by atoms with van der Waals surface area (Å²) in [5.74, 6) is -0.736. The predicted molar refractivity (Wildman–Crippen MR) is 126 cm³/mol. The summed E-state index contributed by atoms with van der Waals surface area (Å²) >= 11 is 6.30. The fraction of sp³-hybridized carbons (Fsp3) is 0.360. The Balaban J connectivity index is 1.89. The molecule has 0 saturated carbocycles. The minimum absolute atomic E-state index is 0.0595. The zero-order valence-electron chi connectivity index (χ0n) is 19.2. The summed E-state index contributed by atoms with van der Waals surface area (Å²) in [5.41, 5.74) is 0.740. The molecule has 34 heavy (non-hydrogen) atoms. The van der Waals surface area contributed by atoms with E-state index >= 15 is 0 Å². The largest absolute Gasteiger partial charge is 0.507 e. The van der Waals surface area contributed by atoms with E-state index < -0.39 is 17.7 Å². The fourth-order valence-corrected chi connectivity index (χ4v) is 4.67. The average molecular weight is 488 g/mol. The van der Waals surface area contributed by atoms with Crippen LogP contribution < -0.4 is 14.2 Å².